The lowest BCUT2D eigenvalue weighted by Crippen LogP contribution is -2.19. The number of ether oxygens (including phenoxy) is 7. The van der Waals surface area contributed by atoms with Crippen molar-refractivity contribution in [2.75, 3.05) is 99.1 Å². The molecule has 0 heterocycles. The number of aliphatic hydroxyl groups excluding tert-OH is 1. The van der Waals surface area contributed by atoms with E-state index in [1.165, 1.54) is 19.3 Å². The molecule has 1 N–H and O–H groups in total. The predicted octanol–water partition coefficient (Wildman–Crippen LogP) is 3.58. The summed E-state index contributed by atoms with van der Waals surface area (Å²) in [7, 11) is 0. The Morgan fingerprint density at radius 1 is 0.471 bits per heavy atom. The maximum Gasteiger partial charge on any atom is 0.0701 e. The Bertz CT molecular complexity index is 386. The average Bonchev–Trinajstić information content (AvgIpc) is 2.84. The Balaban J connectivity index is 3.21. The van der Waals surface area contributed by atoms with Crippen LogP contribution in [0.1, 0.15) is 53.4 Å². The van der Waals surface area contributed by atoms with Crippen molar-refractivity contribution in [3.05, 3.63) is 0 Å². The largest absolute Gasteiger partial charge is 0.394 e. The molecule has 0 fully saturated rings. The molecule has 3 atom stereocenters. The fourth-order valence-electron chi connectivity index (χ4n) is 3.37. The molecule has 8 nitrogen and oxygen atoms in total. The van der Waals surface area contributed by atoms with Crippen LogP contribution in [0.3, 0.4) is 0 Å². The molecule has 0 bridgehead atoms. The van der Waals surface area contributed by atoms with Gasteiger partial charge in [0.2, 0.25) is 0 Å². The van der Waals surface area contributed by atoms with Gasteiger partial charge in [0.1, 0.15) is 0 Å². The van der Waals surface area contributed by atoms with E-state index in [0.29, 0.717) is 91.8 Å². The van der Waals surface area contributed by atoms with Gasteiger partial charge in [-0.3, -0.25) is 0 Å². The van der Waals surface area contributed by atoms with Crippen LogP contribution in [-0.4, -0.2) is 104 Å². The molecule has 0 aromatic carbocycles. The van der Waals surface area contributed by atoms with Crippen molar-refractivity contribution in [1.29, 1.82) is 0 Å². The van der Waals surface area contributed by atoms with Crippen LogP contribution in [-0.2, 0) is 33.2 Å². The van der Waals surface area contributed by atoms with Gasteiger partial charge in [-0.2, -0.15) is 0 Å². The fraction of sp³-hybridized carbons (Fsp3) is 1.00. The smallest absolute Gasteiger partial charge is 0.0701 e. The number of rotatable bonds is 28. The molecule has 3 unspecified atom stereocenters. The molecule has 34 heavy (non-hydrogen) atoms. The lowest BCUT2D eigenvalue weighted by atomic mass is 9.81. The van der Waals surface area contributed by atoms with Crippen LogP contribution in [0.5, 0.6) is 0 Å². The van der Waals surface area contributed by atoms with E-state index in [2.05, 4.69) is 27.7 Å². The molecule has 0 aliphatic carbocycles. The summed E-state index contributed by atoms with van der Waals surface area (Å²) in [4.78, 5) is 0. The highest BCUT2D eigenvalue weighted by Gasteiger charge is 2.18. The number of aliphatic hydroxyl groups is 1. The van der Waals surface area contributed by atoms with Crippen LogP contribution in [0.15, 0.2) is 0 Å². The molecule has 0 aromatic rings. The van der Waals surface area contributed by atoms with E-state index in [-0.39, 0.29) is 6.61 Å². The molecule has 0 radical (unpaired) electrons. The van der Waals surface area contributed by atoms with Crippen molar-refractivity contribution in [2.24, 2.45) is 17.8 Å². The molecular weight excluding hydrogens is 440 g/mol. The fourth-order valence-corrected chi connectivity index (χ4v) is 3.37. The molecule has 0 rings (SSSR count). The highest BCUT2D eigenvalue weighted by Crippen LogP contribution is 2.26. The van der Waals surface area contributed by atoms with Crippen LogP contribution in [0.4, 0.5) is 0 Å². The van der Waals surface area contributed by atoms with Gasteiger partial charge in [0.25, 0.3) is 0 Å². The summed E-state index contributed by atoms with van der Waals surface area (Å²) >= 11 is 0. The monoisotopic (exact) mass is 494 g/mol. The van der Waals surface area contributed by atoms with Crippen molar-refractivity contribution in [3.63, 3.8) is 0 Å². The van der Waals surface area contributed by atoms with E-state index < -0.39 is 0 Å². The van der Waals surface area contributed by atoms with Crippen molar-refractivity contribution in [3.8, 4) is 0 Å². The molecule has 0 aliphatic heterocycles. The highest BCUT2D eigenvalue weighted by molar-refractivity contribution is 4.68. The molecule has 0 saturated heterocycles. The summed E-state index contributed by atoms with van der Waals surface area (Å²) in [5.41, 5.74) is 0. The average molecular weight is 495 g/mol. The standard InChI is InChI=1S/C26H54O8/c1-5-6-7-24(2)26(4)25(3)8-10-28-12-14-30-16-18-32-20-22-34-23-21-33-19-17-31-15-13-29-11-9-27/h24-27H,5-23H2,1-4H3. The third kappa shape index (κ3) is 23.4. The van der Waals surface area contributed by atoms with Crippen LogP contribution in [0.25, 0.3) is 0 Å². The van der Waals surface area contributed by atoms with Gasteiger partial charge in [-0.25, -0.2) is 0 Å². The SMILES string of the molecule is CCCCC(C)C(C)C(C)CCOCCOCCOCCOCCOCCOCCOCCO. The molecule has 8 heteroatoms. The summed E-state index contributed by atoms with van der Waals surface area (Å²) in [5.74, 6) is 2.23. The molecule has 0 amide bonds. The predicted molar refractivity (Wildman–Crippen MR) is 134 cm³/mol. The first-order valence-corrected chi connectivity index (χ1v) is 13.3. The molecular formula is C26H54O8. The van der Waals surface area contributed by atoms with Crippen LogP contribution >= 0.6 is 0 Å². The minimum Gasteiger partial charge on any atom is -0.394 e. The van der Waals surface area contributed by atoms with Gasteiger partial charge in [-0.15, -0.1) is 0 Å². The zero-order chi connectivity index (χ0) is 25.1. The van der Waals surface area contributed by atoms with Gasteiger partial charge in [-0.1, -0.05) is 47.0 Å². The van der Waals surface area contributed by atoms with Crippen molar-refractivity contribution >= 4 is 0 Å². The molecule has 0 aromatic heterocycles. The van der Waals surface area contributed by atoms with Gasteiger partial charge < -0.3 is 38.3 Å². The quantitative estimate of drug-likeness (QED) is 0.165. The molecule has 0 saturated carbocycles. The molecule has 0 aliphatic rings. The lowest BCUT2D eigenvalue weighted by molar-refractivity contribution is -0.0219. The second-order valence-electron chi connectivity index (χ2n) is 8.75. The Morgan fingerprint density at radius 2 is 0.794 bits per heavy atom. The normalized spacial score (nSPS) is 14.4. The van der Waals surface area contributed by atoms with Crippen molar-refractivity contribution in [1.82, 2.24) is 0 Å². The van der Waals surface area contributed by atoms with E-state index in [9.17, 15) is 0 Å². The summed E-state index contributed by atoms with van der Waals surface area (Å²) < 4.78 is 38.0. The van der Waals surface area contributed by atoms with Crippen LogP contribution in [0, 0.1) is 17.8 Å². The first-order chi connectivity index (χ1) is 16.6. The zero-order valence-corrected chi connectivity index (χ0v) is 22.5. The number of hydrogen-bond acceptors (Lipinski definition) is 8. The highest BCUT2D eigenvalue weighted by atomic mass is 16.6. The maximum atomic E-state index is 8.56. The third-order valence-electron chi connectivity index (χ3n) is 5.99. The van der Waals surface area contributed by atoms with Gasteiger partial charge in [0.15, 0.2) is 0 Å². The van der Waals surface area contributed by atoms with Crippen molar-refractivity contribution in [2.45, 2.75) is 53.4 Å². The topological polar surface area (TPSA) is 84.8 Å². The Labute approximate surface area is 208 Å². The maximum absolute atomic E-state index is 8.56. The van der Waals surface area contributed by atoms with Gasteiger partial charge in [0.05, 0.1) is 92.5 Å². The summed E-state index contributed by atoms with van der Waals surface area (Å²) in [6.45, 7) is 17.1. The third-order valence-corrected chi connectivity index (χ3v) is 5.99. The molecule has 0 spiro atoms. The Hall–Kier alpha value is -0.320. The van der Waals surface area contributed by atoms with Crippen molar-refractivity contribution < 1.29 is 38.3 Å². The number of hydrogen-bond donors (Lipinski definition) is 1. The first-order valence-electron chi connectivity index (χ1n) is 13.3. The minimum absolute atomic E-state index is 0.0371. The first kappa shape index (κ1) is 33.7. The summed E-state index contributed by atoms with van der Waals surface area (Å²) in [6, 6.07) is 0. The van der Waals surface area contributed by atoms with E-state index in [1.807, 2.05) is 0 Å². The van der Waals surface area contributed by atoms with E-state index in [0.717, 1.165) is 24.9 Å². The molecule has 206 valence electrons. The number of unbranched alkanes of at least 4 members (excludes halogenated alkanes) is 1. The lowest BCUT2D eigenvalue weighted by Gasteiger charge is -2.26. The van der Waals surface area contributed by atoms with Gasteiger partial charge >= 0.3 is 0 Å². The van der Waals surface area contributed by atoms with Crippen LogP contribution < -0.4 is 0 Å². The second-order valence-corrected chi connectivity index (χ2v) is 8.75. The zero-order valence-electron chi connectivity index (χ0n) is 22.5. The Morgan fingerprint density at radius 3 is 1.15 bits per heavy atom. The minimum atomic E-state index is 0.0371. The van der Waals surface area contributed by atoms with Gasteiger partial charge in [-0.05, 0) is 24.2 Å². The Kier molecular flexibility index (Phi) is 27.0. The van der Waals surface area contributed by atoms with Gasteiger partial charge in [0, 0.05) is 6.61 Å². The van der Waals surface area contributed by atoms with E-state index in [1.54, 1.807) is 0 Å². The van der Waals surface area contributed by atoms with Crippen LogP contribution in [0.2, 0.25) is 0 Å². The van der Waals surface area contributed by atoms with E-state index in [4.69, 9.17) is 38.3 Å². The second kappa shape index (κ2) is 27.3. The summed E-state index contributed by atoms with van der Waals surface area (Å²) in [5, 5.41) is 8.56. The van der Waals surface area contributed by atoms with E-state index >= 15 is 0 Å². The summed E-state index contributed by atoms with van der Waals surface area (Å²) in [6.07, 6.45) is 5.06.